The number of aromatic nitrogens is 2. The van der Waals surface area contributed by atoms with Crippen LogP contribution in [0.25, 0.3) is 10.2 Å². The Labute approximate surface area is 93.9 Å². The molecule has 2 aromatic rings. The van der Waals surface area contributed by atoms with Crippen LogP contribution in [0.4, 0.5) is 8.78 Å². The summed E-state index contributed by atoms with van der Waals surface area (Å²) >= 11 is 7.03. The molecule has 0 saturated carbocycles. The third kappa shape index (κ3) is 2.41. The van der Waals surface area contributed by atoms with Crippen molar-refractivity contribution in [3.8, 4) is 0 Å². The first-order chi connectivity index (χ1) is 6.96. The summed E-state index contributed by atoms with van der Waals surface area (Å²) in [5, 5.41) is 0.949. The normalized spacial score (nSPS) is 12.3. The summed E-state index contributed by atoms with van der Waals surface area (Å²) in [4.78, 5) is 8.98. The minimum absolute atomic E-state index is 0.287. The van der Waals surface area contributed by atoms with Gasteiger partial charge in [0, 0.05) is 16.7 Å². The van der Waals surface area contributed by atoms with Gasteiger partial charge in [-0.2, -0.15) is 0 Å². The van der Waals surface area contributed by atoms with Crippen LogP contribution in [0.15, 0.2) is 12.4 Å². The maximum absolute atomic E-state index is 12.8. The van der Waals surface area contributed by atoms with E-state index < -0.39 is 5.92 Å². The lowest BCUT2D eigenvalue weighted by Crippen LogP contribution is -2.12. The van der Waals surface area contributed by atoms with E-state index in [9.17, 15) is 8.78 Å². The maximum atomic E-state index is 12.8. The minimum Gasteiger partial charge on any atom is -0.225 e. The molecule has 0 aliphatic rings. The quantitative estimate of drug-likeness (QED) is 0.760. The summed E-state index contributed by atoms with van der Waals surface area (Å²) in [6, 6.07) is 1.62. The van der Waals surface area contributed by atoms with Crippen LogP contribution in [-0.2, 0) is 6.42 Å². The fraction of sp³-hybridized carbons (Fsp3) is 0.333. The SMILES string of the molecule is CC(F)(F)Cc1cc2c(Cl)ncnc2s1. The largest absolute Gasteiger partial charge is 0.250 e. The van der Waals surface area contributed by atoms with Crippen molar-refractivity contribution < 1.29 is 8.78 Å². The van der Waals surface area contributed by atoms with Crippen molar-refractivity contribution in [2.75, 3.05) is 0 Å². The number of hydrogen-bond acceptors (Lipinski definition) is 3. The summed E-state index contributed by atoms with van der Waals surface area (Å²) in [5.74, 6) is -2.71. The number of thiophene rings is 1. The Bertz CT molecular complexity index is 492. The molecule has 0 saturated heterocycles. The number of hydrogen-bond donors (Lipinski definition) is 0. The van der Waals surface area contributed by atoms with Crippen LogP contribution in [0.5, 0.6) is 0 Å². The second kappa shape index (κ2) is 3.64. The molecule has 0 aliphatic heterocycles. The number of fused-ring (bicyclic) bond motifs is 1. The van der Waals surface area contributed by atoms with E-state index in [1.165, 1.54) is 17.7 Å². The average molecular weight is 249 g/mol. The lowest BCUT2D eigenvalue weighted by Gasteiger charge is -2.06. The van der Waals surface area contributed by atoms with E-state index >= 15 is 0 Å². The van der Waals surface area contributed by atoms with Crippen LogP contribution in [0.3, 0.4) is 0 Å². The molecule has 0 radical (unpaired) electrons. The van der Waals surface area contributed by atoms with Gasteiger partial charge in [0.1, 0.15) is 16.3 Å². The molecule has 0 N–H and O–H groups in total. The molecular weight excluding hydrogens is 242 g/mol. The second-order valence-electron chi connectivity index (χ2n) is 3.34. The van der Waals surface area contributed by atoms with Gasteiger partial charge in [-0.3, -0.25) is 0 Å². The van der Waals surface area contributed by atoms with Gasteiger partial charge in [-0.05, 0) is 13.0 Å². The van der Waals surface area contributed by atoms with E-state index in [2.05, 4.69) is 9.97 Å². The monoisotopic (exact) mass is 248 g/mol. The molecular formula is C9H7ClF2N2S. The van der Waals surface area contributed by atoms with Gasteiger partial charge in [0.2, 0.25) is 5.92 Å². The lowest BCUT2D eigenvalue weighted by molar-refractivity contribution is 0.0235. The van der Waals surface area contributed by atoms with Crippen molar-refractivity contribution in [1.82, 2.24) is 9.97 Å². The minimum atomic E-state index is -2.71. The Morgan fingerprint density at radius 3 is 2.80 bits per heavy atom. The fourth-order valence-corrected chi connectivity index (χ4v) is 2.63. The molecule has 2 rings (SSSR count). The highest BCUT2D eigenvalue weighted by molar-refractivity contribution is 7.18. The van der Waals surface area contributed by atoms with E-state index in [4.69, 9.17) is 11.6 Å². The van der Waals surface area contributed by atoms with Gasteiger partial charge in [-0.15, -0.1) is 11.3 Å². The van der Waals surface area contributed by atoms with Gasteiger partial charge >= 0.3 is 0 Å². The molecule has 0 amide bonds. The first-order valence-electron chi connectivity index (χ1n) is 4.22. The van der Waals surface area contributed by atoms with E-state index in [0.717, 1.165) is 6.92 Å². The molecule has 0 spiro atoms. The molecule has 80 valence electrons. The van der Waals surface area contributed by atoms with Crippen molar-refractivity contribution in [3.05, 3.63) is 22.4 Å². The molecule has 6 heteroatoms. The van der Waals surface area contributed by atoms with Crippen molar-refractivity contribution >= 4 is 33.2 Å². The average Bonchev–Trinajstić information content (AvgIpc) is 2.45. The Morgan fingerprint density at radius 2 is 2.20 bits per heavy atom. The summed E-state index contributed by atoms with van der Waals surface area (Å²) in [6.07, 6.45) is 1.04. The summed E-state index contributed by atoms with van der Waals surface area (Å²) < 4.78 is 25.5. The molecule has 2 aromatic heterocycles. The second-order valence-corrected chi connectivity index (χ2v) is 4.82. The predicted molar refractivity (Wildman–Crippen MR) is 56.8 cm³/mol. The molecule has 15 heavy (non-hydrogen) atoms. The van der Waals surface area contributed by atoms with Crippen LogP contribution >= 0.6 is 22.9 Å². The molecule has 0 bridgehead atoms. The van der Waals surface area contributed by atoms with Gasteiger partial charge in [0.25, 0.3) is 0 Å². The molecule has 0 aliphatic carbocycles. The number of nitrogens with zero attached hydrogens (tertiary/aromatic N) is 2. The van der Waals surface area contributed by atoms with Crippen LogP contribution in [-0.4, -0.2) is 15.9 Å². The van der Waals surface area contributed by atoms with Crippen LogP contribution in [0.1, 0.15) is 11.8 Å². The summed E-state index contributed by atoms with van der Waals surface area (Å²) in [6.45, 7) is 0.894. The van der Waals surface area contributed by atoms with Gasteiger partial charge in [0.05, 0.1) is 0 Å². The van der Waals surface area contributed by atoms with Crippen molar-refractivity contribution in [3.63, 3.8) is 0 Å². The third-order valence-corrected chi connectivity index (χ3v) is 3.16. The standard InChI is InChI=1S/C9H7ClF2N2S/c1-9(11,12)3-5-2-6-7(10)13-4-14-8(6)15-5/h2,4H,3H2,1H3. The Kier molecular flexibility index (Phi) is 2.60. The zero-order valence-corrected chi connectivity index (χ0v) is 9.37. The molecule has 0 unspecified atom stereocenters. The van der Waals surface area contributed by atoms with Gasteiger partial charge in [0.15, 0.2) is 0 Å². The van der Waals surface area contributed by atoms with Crippen molar-refractivity contribution in [2.45, 2.75) is 19.3 Å². The highest BCUT2D eigenvalue weighted by atomic mass is 35.5. The molecule has 2 heterocycles. The maximum Gasteiger partial charge on any atom is 0.250 e. The predicted octanol–water partition coefficient (Wildman–Crippen LogP) is 3.54. The highest BCUT2D eigenvalue weighted by Crippen LogP contribution is 2.31. The first-order valence-corrected chi connectivity index (χ1v) is 5.42. The Balaban J connectivity index is 2.44. The molecule has 2 nitrogen and oxygen atoms in total. The van der Waals surface area contributed by atoms with Crippen LogP contribution < -0.4 is 0 Å². The van der Waals surface area contributed by atoms with Gasteiger partial charge in [-0.25, -0.2) is 18.7 Å². The van der Waals surface area contributed by atoms with Gasteiger partial charge in [-0.1, -0.05) is 11.6 Å². The van der Waals surface area contributed by atoms with E-state index in [0.29, 0.717) is 20.2 Å². The summed E-state index contributed by atoms with van der Waals surface area (Å²) in [7, 11) is 0. The number of alkyl halides is 2. The zero-order valence-electron chi connectivity index (χ0n) is 7.80. The number of halogens is 3. The topological polar surface area (TPSA) is 25.8 Å². The van der Waals surface area contributed by atoms with E-state index in [1.807, 2.05) is 0 Å². The highest BCUT2D eigenvalue weighted by Gasteiger charge is 2.23. The Hall–Kier alpha value is -0.810. The van der Waals surface area contributed by atoms with Crippen LogP contribution in [0, 0.1) is 0 Å². The first kappa shape index (κ1) is 10.7. The third-order valence-electron chi connectivity index (χ3n) is 1.82. The fourth-order valence-electron chi connectivity index (χ4n) is 1.27. The molecule has 0 fully saturated rings. The Morgan fingerprint density at radius 1 is 1.47 bits per heavy atom. The molecule has 0 aromatic carbocycles. The lowest BCUT2D eigenvalue weighted by atomic mass is 10.2. The van der Waals surface area contributed by atoms with Crippen molar-refractivity contribution in [2.24, 2.45) is 0 Å². The summed E-state index contributed by atoms with van der Waals surface area (Å²) in [5.41, 5.74) is 0. The molecule has 0 atom stereocenters. The van der Waals surface area contributed by atoms with Gasteiger partial charge < -0.3 is 0 Å². The van der Waals surface area contributed by atoms with Crippen molar-refractivity contribution in [1.29, 1.82) is 0 Å². The van der Waals surface area contributed by atoms with Crippen LogP contribution in [0.2, 0.25) is 5.15 Å². The number of rotatable bonds is 2. The van der Waals surface area contributed by atoms with E-state index in [1.54, 1.807) is 6.07 Å². The smallest absolute Gasteiger partial charge is 0.225 e. The van der Waals surface area contributed by atoms with E-state index in [-0.39, 0.29) is 6.42 Å². The zero-order chi connectivity index (χ0) is 11.1.